The first kappa shape index (κ1) is 20.1. The normalized spacial score (nSPS) is 13.1. The highest BCUT2D eigenvalue weighted by atomic mass is 16.2. The summed E-state index contributed by atoms with van der Waals surface area (Å²) in [5.41, 5.74) is 6.95. The zero-order chi connectivity index (χ0) is 20.8. The van der Waals surface area contributed by atoms with Crippen LogP contribution in [-0.2, 0) is 9.59 Å². The third-order valence-electron chi connectivity index (χ3n) is 4.63. The van der Waals surface area contributed by atoms with Crippen LogP contribution in [0.3, 0.4) is 0 Å². The van der Waals surface area contributed by atoms with Gasteiger partial charge >= 0.3 is 0 Å². The van der Waals surface area contributed by atoms with Crippen LogP contribution in [-0.4, -0.2) is 36.7 Å². The van der Waals surface area contributed by atoms with Crippen LogP contribution in [0.4, 0.5) is 5.69 Å². The third kappa shape index (κ3) is 4.98. The number of rotatable bonds is 5. The van der Waals surface area contributed by atoms with Crippen LogP contribution < -0.4 is 21.1 Å². The first-order valence-electron chi connectivity index (χ1n) is 9.29. The molecule has 29 heavy (non-hydrogen) atoms. The number of amides is 4. The quantitative estimate of drug-likeness (QED) is 0.665. The zero-order valence-corrected chi connectivity index (χ0v) is 16.0. The fourth-order valence-electron chi connectivity index (χ4n) is 3.04. The molecule has 0 aliphatic carbocycles. The van der Waals surface area contributed by atoms with E-state index in [4.69, 9.17) is 0 Å². The van der Waals surface area contributed by atoms with Gasteiger partial charge in [-0.2, -0.15) is 0 Å². The minimum atomic E-state index is -0.556. The number of hydrogen-bond acceptors (Lipinski definition) is 4. The van der Waals surface area contributed by atoms with Crippen molar-refractivity contribution in [1.29, 1.82) is 0 Å². The SMILES string of the molecule is Cc1ccccc1C(=O)NNC(=O)CNC(=O)c1ccc(N2CCCC2=O)cc1. The fraction of sp³-hybridized carbons (Fsp3) is 0.238. The first-order chi connectivity index (χ1) is 14.0. The molecule has 0 unspecified atom stereocenters. The van der Waals surface area contributed by atoms with Gasteiger partial charge in [-0.25, -0.2) is 0 Å². The Balaban J connectivity index is 1.46. The van der Waals surface area contributed by atoms with Crippen LogP contribution >= 0.6 is 0 Å². The lowest BCUT2D eigenvalue weighted by Crippen LogP contribution is -2.46. The second kappa shape index (κ2) is 9.01. The number of hydrazine groups is 1. The van der Waals surface area contributed by atoms with Crippen LogP contribution in [0.25, 0.3) is 0 Å². The van der Waals surface area contributed by atoms with Gasteiger partial charge in [-0.1, -0.05) is 18.2 Å². The minimum absolute atomic E-state index is 0.0756. The molecule has 4 amide bonds. The Bertz CT molecular complexity index is 940. The maximum Gasteiger partial charge on any atom is 0.269 e. The molecular weight excluding hydrogens is 372 g/mol. The summed E-state index contributed by atoms with van der Waals surface area (Å²) in [4.78, 5) is 49.6. The van der Waals surface area contributed by atoms with Crippen molar-refractivity contribution in [3.8, 4) is 0 Å². The second-order valence-corrected chi connectivity index (χ2v) is 6.70. The van der Waals surface area contributed by atoms with Crippen LogP contribution in [0.1, 0.15) is 39.1 Å². The summed E-state index contributed by atoms with van der Waals surface area (Å²) in [6, 6.07) is 13.6. The summed E-state index contributed by atoms with van der Waals surface area (Å²) < 4.78 is 0. The molecule has 0 atom stereocenters. The van der Waals surface area contributed by atoms with Gasteiger partial charge in [0.05, 0.1) is 6.54 Å². The molecule has 0 bridgehead atoms. The lowest BCUT2D eigenvalue weighted by atomic mass is 10.1. The van der Waals surface area contributed by atoms with Crippen molar-refractivity contribution in [2.75, 3.05) is 18.0 Å². The van der Waals surface area contributed by atoms with Crippen LogP contribution in [0.15, 0.2) is 48.5 Å². The third-order valence-corrected chi connectivity index (χ3v) is 4.63. The minimum Gasteiger partial charge on any atom is -0.343 e. The van der Waals surface area contributed by atoms with E-state index in [0.717, 1.165) is 17.7 Å². The van der Waals surface area contributed by atoms with E-state index >= 15 is 0 Å². The second-order valence-electron chi connectivity index (χ2n) is 6.70. The predicted molar refractivity (Wildman–Crippen MR) is 107 cm³/mol. The average Bonchev–Trinajstić information content (AvgIpc) is 3.16. The molecule has 150 valence electrons. The van der Waals surface area contributed by atoms with Gasteiger partial charge in [0.25, 0.3) is 17.7 Å². The molecule has 0 aromatic heterocycles. The molecule has 1 heterocycles. The van der Waals surface area contributed by atoms with Gasteiger partial charge in [-0.15, -0.1) is 0 Å². The molecule has 1 aliphatic heterocycles. The van der Waals surface area contributed by atoms with E-state index in [9.17, 15) is 19.2 Å². The van der Waals surface area contributed by atoms with E-state index in [0.29, 0.717) is 24.1 Å². The summed E-state index contributed by atoms with van der Waals surface area (Å²) >= 11 is 0. The highest BCUT2D eigenvalue weighted by Crippen LogP contribution is 2.21. The number of carbonyl (C=O) groups is 4. The summed E-state index contributed by atoms with van der Waals surface area (Å²) in [6.07, 6.45) is 1.37. The Morgan fingerprint density at radius 1 is 0.966 bits per heavy atom. The van der Waals surface area contributed by atoms with Crippen molar-refractivity contribution in [3.63, 3.8) is 0 Å². The summed E-state index contributed by atoms with van der Waals surface area (Å²) in [7, 11) is 0. The molecule has 8 heteroatoms. The number of nitrogens with zero attached hydrogens (tertiary/aromatic N) is 1. The van der Waals surface area contributed by atoms with E-state index < -0.39 is 17.7 Å². The topological polar surface area (TPSA) is 108 Å². The molecule has 1 fully saturated rings. The lowest BCUT2D eigenvalue weighted by Gasteiger charge is -2.15. The molecule has 2 aromatic carbocycles. The lowest BCUT2D eigenvalue weighted by molar-refractivity contribution is -0.121. The monoisotopic (exact) mass is 394 g/mol. The number of anilines is 1. The molecule has 0 saturated carbocycles. The first-order valence-corrected chi connectivity index (χ1v) is 9.29. The molecule has 1 aliphatic rings. The van der Waals surface area contributed by atoms with Gasteiger partial charge in [-0.05, 0) is 49.2 Å². The smallest absolute Gasteiger partial charge is 0.269 e. The zero-order valence-electron chi connectivity index (χ0n) is 16.0. The number of nitrogens with one attached hydrogen (secondary N) is 3. The van der Waals surface area contributed by atoms with Gasteiger partial charge in [0, 0.05) is 29.8 Å². The van der Waals surface area contributed by atoms with Crippen LogP contribution in [0.2, 0.25) is 0 Å². The maximum absolute atomic E-state index is 12.2. The Morgan fingerprint density at radius 3 is 2.34 bits per heavy atom. The van der Waals surface area contributed by atoms with Crippen molar-refractivity contribution in [2.45, 2.75) is 19.8 Å². The Kier molecular flexibility index (Phi) is 6.23. The van der Waals surface area contributed by atoms with Crippen molar-refractivity contribution >= 4 is 29.3 Å². The Labute approximate surface area is 168 Å². The van der Waals surface area contributed by atoms with E-state index in [1.807, 2.05) is 6.07 Å². The number of benzene rings is 2. The van der Waals surface area contributed by atoms with Crippen molar-refractivity contribution in [2.24, 2.45) is 0 Å². The highest BCUT2D eigenvalue weighted by Gasteiger charge is 2.21. The molecule has 0 radical (unpaired) electrons. The molecule has 0 spiro atoms. The Morgan fingerprint density at radius 2 is 1.69 bits per heavy atom. The van der Waals surface area contributed by atoms with E-state index in [2.05, 4.69) is 16.2 Å². The van der Waals surface area contributed by atoms with Crippen molar-refractivity contribution in [3.05, 3.63) is 65.2 Å². The maximum atomic E-state index is 12.2. The molecule has 1 saturated heterocycles. The fourth-order valence-corrected chi connectivity index (χ4v) is 3.04. The van der Waals surface area contributed by atoms with Gasteiger partial charge in [-0.3, -0.25) is 30.0 Å². The Hall–Kier alpha value is -3.68. The molecule has 3 rings (SSSR count). The molecular formula is C21H22N4O4. The standard InChI is InChI=1S/C21H22N4O4/c1-14-5-2-3-6-17(14)21(29)24-23-18(26)13-22-20(28)15-8-10-16(11-9-15)25-12-4-7-19(25)27/h2-3,5-6,8-11H,4,7,12-13H2,1H3,(H,22,28)(H,23,26)(H,24,29). The van der Waals surface area contributed by atoms with Crippen molar-refractivity contribution in [1.82, 2.24) is 16.2 Å². The van der Waals surface area contributed by atoms with E-state index in [1.165, 1.54) is 0 Å². The summed E-state index contributed by atoms with van der Waals surface area (Å²) in [5, 5.41) is 2.49. The van der Waals surface area contributed by atoms with Gasteiger partial charge < -0.3 is 10.2 Å². The largest absolute Gasteiger partial charge is 0.343 e. The van der Waals surface area contributed by atoms with Crippen LogP contribution in [0.5, 0.6) is 0 Å². The predicted octanol–water partition coefficient (Wildman–Crippen LogP) is 1.31. The van der Waals surface area contributed by atoms with Gasteiger partial charge in [0.1, 0.15) is 0 Å². The number of carbonyl (C=O) groups excluding carboxylic acids is 4. The number of hydrogen-bond donors (Lipinski definition) is 3. The molecule has 2 aromatic rings. The van der Waals surface area contributed by atoms with Crippen molar-refractivity contribution < 1.29 is 19.2 Å². The van der Waals surface area contributed by atoms with Gasteiger partial charge in [0.15, 0.2) is 0 Å². The molecule has 8 nitrogen and oxygen atoms in total. The van der Waals surface area contributed by atoms with Crippen LogP contribution in [0, 0.1) is 6.92 Å². The summed E-state index contributed by atoms with van der Waals surface area (Å²) in [5.74, 6) is -1.34. The van der Waals surface area contributed by atoms with E-state index in [-0.39, 0.29) is 12.5 Å². The average molecular weight is 394 g/mol. The molecule has 3 N–H and O–H groups in total. The van der Waals surface area contributed by atoms with Gasteiger partial charge in [0.2, 0.25) is 5.91 Å². The summed E-state index contributed by atoms with van der Waals surface area (Å²) in [6.45, 7) is 2.18. The van der Waals surface area contributed by atoms with E-state index in [1.54, 1.807) is 54.3 Å². The highest BCUT2D eigenvalue weighted by molar-refractivity contribution is 5.99. The number of aryl methyl sites for hydroxylation is 1.